The summed E-state index contributed by atoms with van der Waals surface area (Å²) in [4.78, 5) is 11.3. The van der Waals surface area contributed by atoms with Crippen LogP contribution in [0.15, 0.2) is 59.7 Å². The highest BCUT2D eigenvalue weighted by molar-refractivity contribution is 6.13. The summed E-state index contributed by atoms with van der Waals surface area (Å²) >= 11 is 0. The van der Waals surface area contributed by atoms with E-state index in [4.69, 9.17) is 0 Å². The molecule has 0 saturated heterocycles. The smallest absolute Gasteiger partial charge is 0.266 e. The molecule has 0 saturated carbocycles. The van der Waals surface area contributed by atoms with Crippen LogP contribution in [0.5, 0.6) is 0 Å². The molecule has 0 aliphatic heterocycles. The van der Waals surface area contributed by atoms with Crippen molar-refractivity contribution in [3.05, 3.63) is 60.2 Å². The fourth-order valence-electron chi connectivity index (χ4n) is 2.73. The third-order valence-corrected chi connectivity index (χ3v) is 4.21. The molecule has 3 aromatic carbocycles. The molecule has 152 valence electrons. The van der Waals surface area contributed by atoms with E-state index in [1.54, 1.807) is 48.5 Å². The van der Waals surface area contributed by atoms with Gasteiger partial charge in [-0.2, -0.15) is 35.8 Å². The van der Waals surface area contributed by atoms with Gasteiger partial charge in [0.2, 0.25) is 0 Å². The van der Waals surface area contributed by atoms with Gasteiger partial charge in [-0.1, -0.05) is 48.5 Å². The molecule has 0 fully saturated rings. The van der Waals surface area contributed by atoms with Gasteiger partial charge in [-0.15, -0.1) is 0 Å². The van der Waals surface area contributed by atoms with Crippen molar-refractivity contribution in [2.75, 3.05) is 0 Å². The summed E-state index contributed by atoms with van der Waals surface area (Å²) in [5.74, 6) is -15.5. The number of halogens is 7. The van der Waals surface area contributed by atoms with Crippen molar-refractivity contribution in [1.29, 1.82) is 0 Å². The summed E-state index contributed by atoms with van der Waals surface area (Å²) in [6.07, 6.45) is -5.69. The van der Waals surface area contributed by atoms with E-state index in [0.717, 1.165) is 22.4 Å². The van der Waals surface area contributed by atoms with Gasteiger partial charge >= 0.3 is 23.9 Å². The molecule has 0 heterocycles. The Kier molecular flexibility index (Phi) is 4.97. The van der Waals surface area contributed by atoms with E-state index in [1.165, 1.54) is 0 Å². The van der Waals surface area contributed by atoms with Gasteiger partial charge in [0.1, 0.15) is 0 Å². The number of carbonyl (C=O) groups excluding carboxylic acids is 1. The van der Waals surface area contributed by atoms with Gasteiger partial charge < -0.3 is 0 Å². The number of amides is 1. The van der Waals surface area contributed by atoms with Crippen LogP contribution in [0.4, 0.5) is 30.7 Å². The molecule has 10 heteroatoms. The second-order valence-corrected chi connectivity index (χ2v) is 6.08. The zero-order valence-electron chi connectivity index (χ0n) is 14.3. The Morgan fingerprint density at radius 3 is 1.79 bits per heavy atom. The van der Waals surface area contributed by atoms with E-state index in [0.29, 0.717) is 16.3 Å². The zero-order valence-corrected chi connectivity index (χ0v) is 14.3. The van der Waals surface area contributed by atoms with Crippen molar-refractivity contribution in [3.8, 4) is 0 Å². The highest BCUT2D eigenvalue weighted by Crippen LogP contribution is 2.46. The molecule has 1 amide bonds. The maximum absolute atomic E-state index is 13.4. The first-order chi connectivity index (χ1) is 13.5. The number of hydrogen-bond acceptors (Lipinski definition) is 2. The van der Waals surface area contributed by atoms with E-state index in [1.807, 2.05) is 6.07 Å². The quantitative estimate of drug-likeness (QED) is 0.268. The topological polar surface area (TPSA) is 41.5 Å². The highest BCUT2D eigenvalue weighted by atomic mass is 19.4. The number of nitrogens with one attached hydrogen (secondary N) is 1. The van der Waals surface area contributed by atoms with Gasteiger partial charge in [0.25, 0.3) is 0 Å². The zero-order chi connectivity index (χ0) is 21.4. The first-order valence-corrected chi connectivity index (χ1v) is 8.03. The molecule has 1 N–H and O–H groups in total. The molecule has 0 bridgehead atoms. The Labute approximate surface area is 158 Å². The summed E-state index contributed by atoms with van der Waals surface area (Å²) in [5.41, 5.74) is 1.45. The number of alkyl halides is 7. The molecule has 3 aromatic rings. The van der Waals surface area contributed by atoms with Crippen molar-refractivity contribution in [1.82, 2.24) is 5.43 Å². The van der Waals surface area contributed by atoms with Gasteiger partial charge in [0, 0.05) is 5.56 Å². The maximum atomic E-state index is 13.4. The summed E-state index contributed by atoms with van der Waals surface area (Å²) in [7, 11) is 0. The van der Waals surface area contributed by atoms with Crippen LogP contribution in [0.25, 0.3) is 21.5 Å². The minimum Gasteiger partial charge on any atom is -0.266 e. The average Bonchev–Trinajstić information content (AvgIpc) is 2.66. The lowest BCUT2D eigenvalue weighted by Crippen LogP contribution is -2.58. The summed E-state index contributed by atoms with van der Waals surface area (Å²) in [6, 6.07) is 15.6. The number of hydrogen-bond donors (Lipinski definition) is 1. The van der Waals surface area contributed by atoms with E-state index < -0.39 is 23.9 Å². The Morgan fingerprint density at radius 1 is 0.828 bits per heavy atom. The van der Waals surface area contributed by atoms with Gasteiger partial charge in [-0.3, -0.25) is 4.79 Å². The van der Waals surface area contributed by atoms with Gasteiger partial charge in [0.15, 0.2) is 0 Å². The molecule has 3 rings (SSSR count). The number of rotatable bonds is 4. The average molecular weight is 416 g/mol. The van der Waals surface area contributed by atoms with Crippen molar-refractivity contribution in [2.24, 2.45) is 5.10 Å². The minimum atomic E-state index is -6.61. The van der Waals surface area contributed by atoms with Crippen LogP contribution in [-0.4, -0.2) is 30.1 Å². The third-order valence-electron chi connectivity index (χ3n) is 4.21. The first kappa shape index (κ1) is 20.6. The van der Waals surface area contributed by atoms with Gasteiger partial charge in [-0.25, -0.2) is 5.43 Å². The lowest BCUT2D eigenvalue weighted by molar-refractivity contribution is -0.344. The SMILES string of the molecule is O=C(NN=Cc1c2ccccc2cc2ccccc12)C(F)(F)C(F)(F)C(F)(F)F. The van der Waals surface area contributed by atoms with Crippen LogP contribution in [-0.2, 0) is 4.79 Å². The van der Waals surface area contributed by atoms with E-state index in [9.17, 15) is 35.5 Å². The van der Waals surface area contributed by atoms with Crippen LogP contribution in [0.1, 0.15) is 5.56 Å². The van der Waals surface area contributed by atoms with E-state index in [2.05, 4.69) is 5.10 Å². The molecule has 29 heavy (non-hydrogen) atoms. The standard InChI is InChI=1S/C19H11F7N2O/c20-17(21,18(22,23)19(24,25)26)16(29)28-27-10-15-13-7-3-1-5-11(13)9-12-6-2-4-8-14(12)15/h1-10H,(H,28,29). The second-order valence-electron chi connectivity index (χ2n) is 6.08. The molecular weight excluding hydrogens is 405 g/mol. The van der Waals surface area contributed by atoms with Crippen LogP contribution >= 0.6 is 0 Å². The lowest BCUT2D eigenvalue weighted by Gasteiger charge is -2.26. The number of fused-ring (bicyclic) bond motifs is 2. The molecule has 0 atom stereocenters. The van der Waals surface area contributed by atoms with Crippen LogP contribution in [0, 0.1) is 0 Å². The van der Waals surface area contributed by atoms with Gasteiger partial charge in [0.05, 0.1) is 6.21 Å². The van der Waals surface area contributed by atoms with Crippen LogP contribution < -0.4 is 5.43 Å². The Hall–Kier alpha value is -3.17. The Morgan fingerprint density at radius 2 is 1.31 bits per heavy atom. The Balaban J connectivity index is 1.96. The van der Waals surface area contributed by atoms with Crippen molar-refractivity contribution >= 4 is 33.7 Å². The third kappa shape index (κ3) is 3.50. The Bertz CT molecular complexity index is 1050. The molecule has 3 nitrogen and oxygen atoms in total. The van der Waals surface area contributed by atoms with Crippen LogP contribution in [0.3, 0.4) is 0 Å². The fourth-order valence-corrected chi connectivity index (χ4v) is 2.73. The largest absolute Gasteiger partial charge is 0.460 e. The highest BCUT2D eigenvalue weighted by Gasteiger charge is 2.76. The summed E-state index contributed by atoms with van der Waals surface area (Å²) in [5, 5.41) is 5.90. The summed E-state index contributed by atoms with van der Waals surface area (Å²) in [6.45, 7) is 0. The number of hydrazone groups is 1. The molecule has 0 spiro atoms. The molecule has 0 aliphatic rings. The van der Waals surface area contributed by atoms with E-state index >= 15 is 0 Å². The monoisotopic (exact) mass is 416 g/mol. The van der Waals surface area contributed by atoms with Crippen LogP contribution in [0.2, 0.25) is 0 Å². The molecule has 0 aliphatic carbocycles. The lowest BCUT2D eigenvalue weighted by atomic mass is 9.97. The maximum Gasteiger partial charge on any atom is 0.460 e. The van der Waals surface area contributed by atoms with Crippen molar-refractivity contribution in [3.63, 3.8) is 0 Å². The molecule has 0 unspecified atom stereocenters. The number of carbonyl (C=O) groups is 1. The fraction of sp³-hybridized carbons (Fsp3) is 0.158. The molecule has 0 radical (unpaired) electrons. The van der Waals surface area contributed by atoms with Crippen molar-refractivity contribution < 1.29 is 35.5 Å². The second kappa shape index (κ2) is 7.02. The predicted octanol–water partition coefficient (Wildman–Crippen LogP) is 5.28. The summed E-state index contributed by atoms with van der Waals surface area (Å²) < 4.78 is 89.1. The minimum absolute atomic E-state index is 0.366. The molecular formula is C19H11F7N2O. The van der Waals surface area contributed by atoms with E-state index in [-0.39, 0.29) is 0 Å². The first-order valence-electron chi connectivity index (χ1n) is 8.03. The van der Waals surface area contributed by atoms with Gasteiger partial charge in [-0.05, 0) is 27.6 Å². The normalized spacial score (nSPS) is 13.3. The molecule has 0 aromatic heterocycles. The van der Waals surface area contributed by atoms with Crippen molar-refractivity contribution in [2.45, 2.75) is 18.0 Å². The number of benzene rings is 3. The predicted molar refractivity (Wildman–Crippen MR) is 93.1 cm³/mol. The number of nitrogens with zero attached hydrogens (tertiary/aromatic N) is 1.